The monoisotopic (exact) mass is 265 g/mol. The van der Waals surface area contributed by atoms with Gasteiger partial charge >= 0.3 is 0 Å². The molecule has 2 aromatic rings. The maximum Gasteiger partial charge on any atom is 0.237 e. The molecular formula is C12H15N3O2S. The summed E-state index contributed by atoms with van der Waals surface area (Å²) in [5.41, 5.74) is 0.753. The maximum atomic E-state index is 5.34. The highest BCUT2D eigenvalue weighted by Crippen LogP contribution is 2.35. The van der Waals surface area contributed by atoms with Crippen molar-refractivity contribution in [3.05, 3.63) is 34.4 Å². The molecule has 18 heavy (non-hydrogen) atoms. The van der Waals surface area contributed by atoms with Crippen molar-refractivity contribution in [2.45, 2.75) is 6.04 Å². The molecule has 0 aliphatic carbocycles. The van der Waals surface area contributed by atoms with Crippen LogP contribution < -0.4 is 14.8 Å². The van der Waals surface area contributed by atoms with Gasteiger partial charge in [0.2, 0.25) is 5.88 Å². The Hall–Kier alpha value is -1.66. The molecule has 0 aliphatic heterocycles. The lowest BCUT2D eigenvalue weighted by atomic mass is 10.1. The summed E-state index contributed by atoms with van der Waals surface area (Å²) in [5, 5.41) is 5.21. The SMILES string of the molecule is CNC(c1nccnc1OC)c1sccc1OC. The van der Waals surface area contributed by atoms with E-state index in [9.17, 15) is 0 Å². The summed E-state index contributed by atoms with van der Waals surface area (Å²) in [6, 6.07) is 1.84. The summed E-state index contributed by atoms with van der Waals surface area (Å²) in [5.74, 6) is 1.36. The molecule has 0 saturated carbocycles. The summed E-state index contributed by atoms with van der Waals surface area (Å²) < 4.78 is 10.6. The third-order valence-electron chi connectivity index (χ3n) is 2.59. The molecule has 96 valence electrons. The molecule has 0 bridgehead atoms. The second kappa shape index (κ2) is 5.79. The van der Waals surface area contributed by atoms with Gasteiger partial charge in [-0.25, -0.2) is 4.98 Å². The van der Waals surface area contributed by atoms with Gasteiger partial charge in [-0.1, -0.05) is 0 Å². The largest absolute Gasteiger partial charge is 0.496 e. The first-order chi connectivity index (χ1) is 8.81. The molecule has 6 heteroatoms. The molecule has 0 radical (unpaired) electrons. The quantitative estimate of drug-likeness (QED) is 0.894. The average Bonchev–Trinajstić information content (AvgIpc) is 2.88. The molecule has 2 rings (SSSR count). The van der Waals surface area contributed by atoms with E-state index in [4.69, 9.17) is 9.47 Å². The van der Waals surface area contributed by atoms with Crippen molar-refractivity contribution >= 4 is 11.3 Å². The van der Waals surface area contributed by atoms with Crippen LogP contribution >= 0.6 is 11.3 Å². The lowest BCUT2D eigenvalue weighted by Gasteiger charge is -2.17. The van der Waals surface area contributed by atoms with Gasteiger partial charge in [0.05, 0.1) is 25.1 Å². The van der Waals surface area contributed by atoms with E-state index < -0.39 is 0 Å². The molecule has 0 aliphatic rings. The van der Waals surface area contributed by atoms with Crippen LogP contribution in [0.15, 0.2) is 23.8 Å². The molecule has 0 fully saturated rings. The number of ether oxygens (including phenoxy) is 2. The van der Waals surface area contributed by atoms with E-state index in [1.807, 2.05) is 18.5 Å². The molecular weight excluding hydrogens is 250 g/mol. The minimum atomic E-state index is -0.0939. The molecule has 1 N–H and O–H groups in total. The van der Waals surface area contributed by atoms with Crippen LogP contribution in [-0.2, 0) is 0 Å². The second-order valence-electron chi connectivity index (χ2n) is 3.53. The van der Waals surface area contributed by atoms with Crippen molar-refractivity contribution in [2.24, 2.45) is 0 Å². The minimum absolute atomic E-state index is 0.0939. The van der Waals surface area contributed by atoms with Crippen molar-refractivity contribution in [3.63, 3.8) is 0 Å². The third kappa shape index (κ3) is 2.30. The van der Waals surface area contributed by atoms with E-state index in [-0.39, 0.29) is 6.04 Å². The van der Waals surface area contributed by atoms with E-state index in [1.165, 1.54) is 0 Å². The van der Waals surface area contributed by atoms with Crippen LogP contribution in [0.1, 0.15) is 16.6 Å². The summed E-state index contributed by atoms with van der Waals surface area (Å²) in [7, 11) is 5.12. The Morgan fingerprint density at radius 2 is 2.00 bits per heavy atom. The second-order valence-corrected chi connectivity index (χ2v) is 4.47. The highest BCUT2D eigenvalue weighted by molar-refractivity contribution is 7.10. The standard InChI is InChI=1S/C12H15N3O2S/c1-13-9(11-8(16-2)4-7-18-11)10-12(17-3)15-6-5-14-10/h4-7,9,13H,1-3H3. The van der Waals surface area contributed by atoms with Crippen molar-refractivity contribution in [2.75, 3.05) is 21.3 Å². The Kier molecular flexibility index (Phi) is 4.11. The summed E-state index contributed by atoms with van der Waals surface area (Å²) in [6.07, 6.45) is 3.27. The zero-order chi connectivity index (χ0) is 13.0. The maximum absolute atomic E-state index is 5.34. The van der Waals surface area contributed by atoms with Gasteiger partial charge in [-0.2, -0.15) is 0 Å². The predicted octanol–water partition coefficient (Wildman–Crippen LogP) is 1.86. The number of rotatable bonds is 5. The lowest BCUT2D eigenvalue weighted by Crippen LogP contribution is -2.19. The highest BCUT2D eigenvalue weighted by atomic mass is 32.1. The van der Waals surface area contributed by atoms with E-state index in [1.54, 1.807) is 38.0 Å². The van der Waals surface area contributed by atoms with Gasteiger partial charge in [-0.05, 0) is 18.5 Å². The molecule has 0 aromatic carbocycles. The molecule has 0 amide bonds. The predicted molar refractivity (Wildman–Crippen MR) is 70.4 cm³/mol. The van der Waals surface area contributed by atoms with Gasteiger partial charge in [0.25, 0.3) is 0 Å². The molecule has 2 heterocycles. The zero-order valence-electron chi connectivity index (χ0n) is 10.5. The highest BCUT2D eigenvalue weighted by Gasteiger charge is 2.23. The molecule has 1 atom stereocenters. The average molecular weight is 265 g/mol. The van der Waals surface area contributed by atoms with Gasteiger partial charge in [0, 0.05) is 12.4 Å². The molecule has 0 saturated heterocycles. The topological polar surface area (TPSA) is 56.3 Å². The third-order valence-corrected chi connectivity index (χ3v) is 3.55. The number of aromatic nitrogens is 2. The number of nitrogens with zero attached hydrogens (tertiary/aromatic N) is 2. The first kappa shape index (κ1) is 12.8. The van der Waals surface area contributed by atoms with Crippen molar-refractivity contribution < 1.29 is 9.47 Å². The molecule has 2 aromatic heterocycles. The Bertz CT molecular complexity index is 516. The van der Waals surface area contributed by atoms with Crippen LogP contribution in [0, 0.1) is 0 Å². The molecule has 1 unspecified atom stereocenters. The fourth-order valence-corrected chi connectivity index (χ4v) is 2.74. The molecule has 5 nitrogen and oxygen atoms in total. The number of hydrogen-bond donors (Lipinski definition) is 1. The Morgan fingerprint density at radius 1 is 1.22 bits per heavy atom. The first-order valence-corrected chi connectivity index (χ1v) is 6.33. The van der Waals surface area contributed by atoms with Gasteiger partial charge in [0.1, 0.15) is 11.4 Å². The van der Waals surface area contributed by atoms with E-state index in [2.05, 4.69) is 15.3 Å². The van der Waals surface area contributed by atoms with Crippen LogP contribution in [0.4, 0.5) is 0 Å². The Balaban J connectivity index is 2.45. The summed E-state index contributed by atoms with van der Waals surface area (Å²) >= 11 is 1.61. The fraction of sp³-hybridized carbons (Fsp3) is 0.333. The van der Waals surface area contributed by atoms with Crippen molar-refractivity contribution in [1.29, 1.82) is 0 Å². The van der Waals surface area contributed by atoms with Crippen LogP contribution in [-0.4, -0.2) is 31.2 Å². The van der Waals surface area contributed by atoms with Gasteiger partial charge in [0.15, 0.2) is 0 Å². The van der Waals surface area contributed by atoms with Crippen molar-refractivity contribution in [1.82, 2.24) is 15.3 Å². The number of hydrogen-bond acceptors (Lipinski definition) is 6. The van der Waals surface area contributed by atoms with Gasteiger partial charge in [-0.3, -0.25) is 4.98 Å². The van der Waals surface area contributed by atoms with E-state index in [0.29, 0.717) is 5.88 Å². The van der Waals surface area contributed by atoms with E-state index >= 15 is 0 Å². The Labute approximate surface area is 110 Å². The smallest absolute Gasteiger partial charge is 0.237 e. The lowest BCUT2D eigenvalue weighted by molar-refractivity contribution is 0.381. The van der Waals surface area contributed by atoms with Crippen LogP contribution in [0.2, 0.25) is 0 Å². The van der Waals surface area contributed by atoms with Crippen LogP contribution in [0.25, 0.3) is 0 Å². The number of methoxy groups -OCH3 is 2. The minimum Gasteiger partial charge on any atom is -0.496 e. The van der Waals surface area contributed by atoms with Crippen molar-refractivity contribution in [3.8, 4) is 11.6 Å². The van der Waals surface area contributed by atoms with Gasteiger partial charge < -0.3 is 14.8 Å². The van der Waals surface area contributed by atoms with Crippen LogP contribution in [0.3, 0.4) is 0 Å². The van der Waals surface area contributed by atoms with Crippen LogP contribution in [0.5, 0.6) is 11.6 Å². The number of thiophene rings is 1. The fourth-order valence-electron chi connectivity index (χ4n) is 1.77. The molecule has 0 spiro atoms. The first-order valence-electron chi connectivity index (χ1n) is 5.45. The van der Waals surface area contributed by atoms with Gasteiger partial charge in [-0.15, -0.1) is 11.3 Å². The summed E-state index contributed by atoms with van der Waals surface area (Å²) in [6.45, 7) is 0. The normalized spacial score (nSPS) is 12.2. The number of nitrogens with one attached hydrogen (secondary N) is 1. The Morgan fingerprint density at radius 3 is 2.67 bits per heavy atom. The zero-order valence-corrected chi connectivity index (χ0v) is 11.3. The summed E-state index contributed by atoms with van der Waals surface area (Å²) in [4.78, 5) is 9.58. The van der Waals surface area contributed by atoms with E-state index in [0.717, 1.165) is 16.3 Å².